The van der Waals surface area contributed by atoms with Gasteiger partial charge in [-0.1, -0.05) is 54.6 Å². The van der Waals surface area contributed by atoms with Gasteiger partial charge in [0.05, 0.1) is 17.3 Å². The Morgan fingerprint density at radius 2 is 2.03 bits per heavy atom. The highest BCUT2D eigenvalue weighted by atomic mass is 16.5. The first-order chi connectivity index (χ1) is 15.7. The normalized spacial score (nSPS) is 21.1. The predicted octanol–water partition coefficient (Wildman–Crippen LogP) is 5.14. The van der Waals surface area contributed by atoms with Crippen molar-refractivity contribution in [1.29, 1.82) is 0 Å². The van der Waals surface area contributed by atoms with E-state index >= 15 is 0 Å². The van der Waals surface area contributed by atoms with Gasteiger partial charge in [-0.25, -0.2) is 0 Å². The van der Waals surface area contributed by atoms with Gasteiger partial charge in [0, 0.05) is 31.7 Å². The predicted molar refractivity (Wildman–Crippen MR) is 127 cm³/mol. The van der Waals surface area contributed by atoms with Crippen molar-refractivity contribution in [2.24, 2.45) is 5.92 Å². The van der Waals surface area contributed by atoms with Crippen LogP contribution >= 0.6 is 0 Å². The molecule has 5 rings (SSSR count). The molecule has 1 heterocycles. The van der Waals surface area contributed by atoms with Crippen LogP contribution in [0.4, 0.5) is 5.69 Å². The lowest BCUT2D eigenvalue weighted by Crippen LogP contribution is -2.32. The van der Waals surface area contributed by atoms with Crippen molar-refractivity contribution in [1.82, 2.24) is 5.32 Å². The number of rotatable bonds is 6. The molecule has 0 bridgehead atoms. The second-order valence-electron chi connectivity index (χ2n) is 8.57. The fourth-order valence-electron chi connectivity index (χ4n) is 5.22. The van der Waals surface area contributed by atoms with E-state index in [1.54, 1.807) is 13.2 Å². The maximum absolute atomic E-state index is 13.0. The number of para-hydroxylation sites is 1. The second kappa shape index (κ2) is 8.67. The van der Waals surface area contributed by atoms with Crippen molar-refractivity contribution >= 4 is 22.4 Å². The zero-order valence-electron chi connectivity index (χ0n) is 18.2. The minimum absolute atomic E-state index is 0.0910. The van der Waals surface area contributed by atoms with Gasteiger partial charge < -0.3 is 20.5 Å². The molecule has 3 unspecified atom stereocenters. The van der Waals surface area contributed by atoms with E-state index < -0.39 is 0 Å². The number of allylic oxidation sites excluding steroid dienone is 2. The Bertz CT molecular complexity index is 1190. The highest BCUT2D eigenvalue weighted by Crippen LogP contribution is 2.52. The van der Waals surface area contributed by atoms with E-state index in [0.29, 0.717) is 18.7 Å². The molecule has 2 aliphatic rings. The zero-order valence-corrected chi connectivity index (χ0v) is 18.2. The number of carbonyl (C=O) groups excluding carboxylic acids is 1. The van der Waals surface area contributed by atoms with Crippen molar-refractivity contribution in [3.05, 3.63) is 83.4 Å². The molecule has 0 spiro atoms. The Morgan fingerprint density at radius 1 is 1.16 bits per heavy atom. The molecule has 1 aliphatic carbocycles. The molecular formula is C27H28N2O3. The van der Waals surface area contributed by atoms with Crippen LogP contribution in [0.1, 0.15) is 46.3 Å². The van der Waals surface area contributed by atoms with E-state index in [0.717, 1.165) is 40.4 Å². The average Bonchev–Trinajstić information content (AvgIpc) is 3.31. The van der Waals surface area contributed by atoms with Crippen molar-refractivity contribution in [2.45, 2.75) is 24.8 Å². The van der Waals surface area contributed by atoms with Gasteiger partial charge in [-0.15, -0.1) is 0 Å². The van der Waals surface area contributed by atoms with Gasteiger partial charge in [-0.2, -0.15) is 0 Å². The summed E-state index contributed by atoms with van der Waals surface area (Å²) >= 11 is 0. The van der Waals surface area contributed by atoms with Gasteiger partial charge in [0.25, 0.3) is 5.91 Å². The third kappa shape index (κ3) is 3.53. The molecule has 0 fully saturated rings. The fourth-order valence-corrected chi connectivity index (χ4v) is 5.22. The van der Waals surface area contributed by atoms with Gasteiger partial charge in [0.1, 0.15) is 5.75 Å². The first-order valence-corrected chi connectivity index (χ1v) is 11.2. The molecule has 5 nitrogen and oxygen atoms in total. The average molecular weight is 429 g/mol. The minimum Gasteiger partial charge on any atom is -0.508 e. The Hall–Kier alpha value is -3.31. The summed E-state index contributed by atoms with van der Waals surface area (Å²) in [5, 5.41) is 19.8. The summed E-state index contributed by atoms with van der Waals surface area (Å²) in [6.45, 7) is 1.18. The molecule has 3 N–H and O–H groups in total. The quantitative estimate of drug-likeness (QED) is 0.376. The number of ether oxygens (including phenoxy) is 1. The molecule has 0 saturated heterocycles. The van der Waals surface area contributed by atoms with Crippen LogP contribution in [-0.4, -0.2) is 31.3 Å². The van der Waals surface area contributed by atoms with Crippen LogP contribution < -0.4 is 10.6 Å². The summed E-state index contributed by atoms with van der Waals surface area (Å²) in [6.07, 6.45) is 6.17. The molecule has 0 aromatic heterocycles. The third-order valence-electron chi connectivity index (χ3n) is 6.71. The lowest BCUT2D eigenvalue weighted by Gasteiger charge is -2.39. The number of anilines is 1. The van der Waals surface area contributed by atoms with Crippen molar-refractivity contribution in [3.63, 3.8) is 0 Å². The molecule has 1 amide bonds. The molecule has 3 aromatic rings. The monoisotopic (exact) mass is 428 g/mol. The molecule has 0 radical (unpaired) electrons. The van der Waals surface area contributed by atoms with Gasteiger partial charge in [0.2, 0.25) is 0 Å². The number of benzene rings is 3. The topological polar surface area (TPSA) is 70.6 Å². The Morgan fingerprint density at radius 3 is 2.91 bits per heavy atom. The Labute approximate surface area is 188 Å². The van der Waals surface area contributed by atoms with Crippen LogP contribution in [-0.2, 0) is 4.74 Å². The smallest absolute Gasteiger partial charge is 0.253 e. The maximum Gasteiger partial charge on any atom is 0.253 e. The van der Waals surface area contributed by atoms with Crippen LogP contribution in [0.5, 0.6) is 5.75 Å². The Kier molecular flexibility index (Phi) is 5.58. The van der Waals surface area contributed by atoms with Crippen molar-refractivity contribution in [2.75, 3.05) is 25.6 Å². The van der Waals surface area contributed by atoms with Crippen LogP contribution in [0.3, 0.4) is 0 Å². The summed E-state index contributed by atoms with van der Waals surface area (Å²) < 4.78 is 5.08. The molecule has 0 saturated carbocycles. The van der Waals surface area contributed by atoms with Gasteiger partial charge in [-0.3, -0.25) is 4.79 Å². The van der Waals surface area contributed by atoms with Crippen LogP contribution in [0.15, 0.2) is 66.7 Å². The SMILES string of the molecule is COCCCNC(=O)c1cccc2c1NC(c1c(O)ccc3ccccc13)C1CC=CC21. The van der Waals surface area contributed by atoms with E-state index in [4.69, 9.17) is 4.74 Å². The van der Waals surface area contributed by atoms with Gasteiger partial charge in [0.15, 0.2) is 0 Å². The maximum atomic E-state index is 13.0. The molecule has 32 heavy (non-hydrogen) atoms. The Balaban J connectivity index is 1.56. The van der Waals surface area contributed by atoms with Crippen molar-refractivity contribution < 1.29 is 14.6 Å². The largest absolute Gasteiger partial charge is 0.508 e. The number of nitrogens with one attached hydrogen (secondary N) is 2. The lowest BCUT2D eigenvalue weighted by atomic mass is 9.75. The number of hydrogen-bond acceptors (Lipinski definition) is 4. The summed E-state index contributed by atoms with van der Waals surface area (Å²) in [5.74, 6) is 0.679. The van der Waals surface area contributed by atoms with E-state index in [2.05, 4.69) is 41.0 Å². The molecule has 1 aliphatic heterocycles. The number of phenols is 1. The van der Waals surface area contributed by atoms with Gasteiger partial charge in [-0.05, 0) is 47.2 Å². The number of aromatic hydroxyl groups is 1. The lowest BCUT2D eigenvalue weighted by molar-refractivity contribution is 0.0949. The summed E-state index contributed by atoms with van der Waals surface area (Å²) in [4.78, 5) is 13.0. The third-order valence-corrected chi connectivity index (χ3v) is 6.71. The number of fused-ring (bicyclic) bond motifs is 4. The highest BCUT2D eigenvalue weighted by Gasteiger charge is 2.40. The first kappa shape index (κ1) is 20.6. The first-order valence-electron chi connectivity index (χ1n) is 11.2. The van der Waals surface area contributed by atoms with Crippen LogP contribution in [0.25, 0.3) is 10.8 Å². The molecule has 164 valence electrons. The molecule has 5 heteroatoms. The second-order valence-corrected chi connectivity index (χ2v) is 8.57. The number of carbonyl (C=O) groups is 1. The molecule has 3 atom stereocenters. The number of phenolic OH excluding ortho intramolecular Hbond substituents is 1. The highest BCUT2D eigenvalue weighted by molar-refractivity contribution is 6.01. The fraction of sp³-hybridized carbons (Fsp3) is 0.296. The van der Waals surface area contributed by atoms with Crippen LogP contribution in [0.2, 0.25) is 0 Å². The van der Waals surface area contributed by atoms with E-state index in [1.807, 2.05) is 30.3 Å². The molecular weight excluding hydrogens is 400 g/mol. The van der Waals surface area contributed by atoms with E-state index in [-0.39, 0.29) is 29.5 Å². The zero-order chi connectivity index (χ0) is 22.1. The molecule has 3 aromatic carbocycles. The van der Waals surface area contributed by atoms with E-state index in [1.165, 1.54) is 0 Å². The summed E-state index contributed by atoms with van der Waals surface area (Å²) in [5.41, 5.74) is 3.55. The van der Waals surface area contributed by atoms with E-state index in [9.17, 15) is 9.90 Å². The van der Waals surface area contributed by atoms with Crippen molar-refractivity contribution in [3.8, 4) is 5.75 Å². The number of methoxy groups -OCH3 is 1. The summed E-state index contributed by atoms with van der Waals surface area (Å²) in [7, 11) is 1.66. The standard InChI is InChI=1S/C27H28N2O3/c1-32-16-6-15-28-27(31)22-12-5-10-20-19-9-4-11-21(19)26(29-25(20)22)24-18-8-3-2-7-17(18)13-14-23(24)30/h2-5,7-10,12-14,19,21,26,29-30H,6,11,15-16H2,1H3,(H,28,31). The van der Waals surface area contributed by atoms with Crippen LogP contribution in [0, 0.1) is 5.92 Å². The minimum atomic E-state index is -0.101. The number of hydrogen-bond donors (Lipinski definition) is 3. The number of amides is 1. The van der Waals surface area contributed by atoms with Gasteiger partial charge >= 0.3 is 0 Å². The summed E-state index contributed by atoms with van der Waals surface area (Å²) in [6, 6.07) is 17.7.